The van der Waals surface area contributed by atoms with Crippen LogP contribution in [0.4, 0.5) is 0 Å². The van der Waals surface area contributed by atoms with Crippen molar-refractivity contribution in [3.63, 3.8) is 0 Å². The van der Waals surface area contributed by atoms with Crippen LogP contribution in [0.5, 0.6) is 0 Å². The molecule has 0 saturated carbocycles. The maximum Gasteiger partial charge on any atom is 0.312 e. The third kappa shape index (κ3) is 3.98. The van der Waals surface area contributed by atoms with Crippen LogP contribution in [0.15, 0.2) is 0 Å². The smallest absolute Gasteiger partial charge is 0.312 e. The number of carbonyl (C=O) groups is 2. The van der Waals surface area contributed by atoms with Crippen molar-refractivity contribution in [2.24, 2.45) is 0 Å². The number of hydrogen-bond acceptors (Lipinski definition) is 3. The normalized spacial score (nSPS) is 18.4. The summed E-state index contributed by atoms with van der Waals surface area (Å²) in [5, 5.41) is 3.42. The van der Waals surface area contributed by atoms with Gasteiger partial charge >= 0.3 is 11.8 Å². The van der Waals surface area contributed by atoms with E-state index in [0.717, 1.165) is 25.8 Å². The molecule has 5 heteroatoms. The Kier molecular flexibility index (Phi) is 6.12. The summed E-state index contributed by atoms with van der Waals surface area (Å²) in [4.78, 5) is 26.4. The summed E-state index contributed by atoms with van der Waals surface area (Å²) in [6.07, 6.45) is 3.11. The maximum atomic E-state index is 11.7. The lowest BCUT2D eigenvalue weighted by atomic mass is 10.1. The second-order valence-corrected chi connectivity index (χ2v) is 4.82. The molecule has 1 saturated heterocycles. The van der Waals surface area contributed by atoms with Crippen LogP contribution in [-0.2, 0) is 9.59 Å². The molecule has 1 atom stereocenters. The second kappa shape index (κ2) is 7.36. The van der Waals surface area contributed by atoms with E-state index in [1.54, 1.807) is 11.9 Å². The molecule has 1 heterocycles. The molecule has 1 fully saturated rings. The first kappa shape index (κ1) is 15.0. The molecule has 1 N–H and O–H groups in total. The Balaban J connectivity index is 2.31. The van der Waals surface area contributed by atoms with E-state index in [0.29, 0.717) is 25.7 Å². The van der Waals surface area contributed by atoms with E-state index < -0.39 is 0 Å². The van der Waals surface area contributed by atoms with Crippen LogP contribution < -0.4 is 5.32 Å². The van der Waals surface area contributed by atoms with E-state index in [-0.39, 0.29) is 11.8 Å². The average molecular weight is 255 g/mol. The van der Waals surface area contributed by atoms with Gasteiger partial charge in [0.25, 0.3) is 0 Å². The van der Waals surface area contributed by atoms with Crippen LogP contribution in [0.25, 0.3) is 0 Å². The number of carbonyl (C=O) groups excluding carboxylic acids is 2. The maximum absolute atomic E-state index is 11.7. The standard InChI is InChI=1S/C13H25N3O2/c1-4-11(14-5-2)7-6-8-16-10-9-15(3)12(17)13(16)18/h11,14H,4-10H2,1-3H3. The topological polar surface area (TPSA) is 52.6 Å². The third-order valence-corrected chi connectivity index (χ3v) is 3.49. The van der Waals surface area contributed by atoms with E-state index in [4.69, 9.17) is 0 Å². The van der Waals surface area contributed by atoms with Gasteiger partial charge in [0.15, 0.2) is 0 Å². The Labute approximate surface area is 110 Å². The first-order chi connectivity index (χ1) is 8.60. The first-order valence-corrected chi connectivity index (χ1v) is 6.87. The van der Waals surface area contributed by atoms with E-state index >= 15 is 0 Å². The summed E-state index contributed by atoms with van der Waals surface area (Å²) < 4.78 is 0. The van der Waals surface area contributed by atoms with Crippen LogP contribution in [0.2, 0.25) is 0 Å². The molecule has 0 spiro atoms. The van der Waals surface area contributed by atoms with Gasteiger partial charge in [-0.25, -0.2) is 0 Å². The number of nitrogens with zero attached hydrogens (tertiary/aromatic N) is 2. The summed E-state index contributed by atoms with van der Waals surface area (Å²) in [7, 11) is 1.68. The second-order valence-electron chi connectivity index (χ2n) is 4.82. The van der Waals surface area contributed by atoms with Crippen LogP contribution in [0.1, 0.15) is 33.1 Å². The zero-order valence-corrected chi connectivity index (χ0v) is 11.7. The first-order valence-electron chi connectivity index (χ1n) is 6.87. The summed E-state index contributed by atoms with van der Waals surface area (Å²) in [6.45, 7) is 7.25. The molecular weight excluding hydrogens is 230 g/mol. The van der Waals surface area contributed by atoms with Crippen molar-refractivity contribution in [3.05, 3.63) is 0 Å². The fraction of sp³-hybridized carbons (Fsp3) is 0.846. The molecular formula is C13H25N3O2. The minimum absolute atomic E-state index is 0.347. The molecule has 1 aliphatic rings. The lowest BCUT2D eigenvalue weighted by molar-refractivity contribution is -0.154. The quantitative estimate of drug-likeness (QED) is 0.672. The van der Waals surface area contributed by atoms with Gasteiger partial charge in [0.05, 0.1) is 0 Å². The number of nitrogens with one attached hydrogen (secondary N) is 1. The monoisotopic (exact) mass is 255 g/mol. The van der Waals surface area contributed by atoms with Gasteiger partial charge in [-0.15, -0.1) is 0 Å². The number of hydrogen-bond donors (Lipinski definition) is 1. The van der Waals surface area contributed by atoms with Crippen molar-refractivity contribution >= 4 is 11.8 Å². The SMILES string of the molecule is CCNC(CC)CCCN1CCN(C)C(=O)C1=O. The Morgan fingerprint density at radius 3 is 2.56 bits per heavy atom. The Morgan fingerprint density at radius 1 is 1.22 bits per heavy atom. The molecule has 0 aromatic rings. The molecule has 1 aliphatic heterocycles. The molecule has 1 unspecified atom stereocenters. The molecule has 0 aromatic heterocycles. The Morgan fingerprint density at radius 2 is 1.94 bits per heavy atom. The minimum Gasteiger partial charge on any atom is -0.336 e. The van der Waals surface area contributed by atoms with E-state index in [1.807, 2.05) is 0 Å². The highest BCUT2D eigenvalue weighted by molar-refractivity contribution is 6.35. The van der Waals surface area contributed by atoms with Gasteiger partial charge < -0.3 is 15.1 Å². The lowest BCUT2D eigenvalue weighted by Gasteiger charge is -2.31. The molecule has 5 nitrogen and oxygen atoms in total. The predicted molar refractivity (Wildman–Crippen MR) is 71.2 cm³/mol. The van der Waals surface area contributed by atoms with Crippen molar-refractivity contribution in [2.45, 2.75) is 39.2 Å². The highest BCUT2D eigenvalue weighted by Gasteiger charge is 2.29. The van der Waals surface area contributed by atoms with Crippen molar-refractivity contribution in [1.29, 1.82) is 0 Å². The molecule has 0 radical (unpaired) electrons. The van der Waals surface area contributed by atoms with Gasteiger partial charge in [-0.05, 0) is 25.8 Å². The summed E-state index contributed by atoms with van der Waals surface area (Å²) >= 11 is 0. The summed E-state index contributed by atoms with van der Waals surface area (Å²) in [6, 6.07) is 0.522. The number of likely N-dealkylation sites (N-methyl/N-ethyl adjacent to an activating group) is 1. The zero-order valence-electron chi connectivity index (χ0n) is 11.7. The number of rotatable bonds is 7. The predicted octanol–water partition coefficient (Wildman–Crippen LogP) is 0.455. The van der Waals surface area contributed by atoms with Crippen LogP contribution in [0.3, 0.4) is 0 Å². The molecule has 104 valence electrons. The van der Waals surface area contributed by atoms with E-state index in [9.17, 15) is 9.59 Å². The van der Waals surface area contributed by atoms with Crippen LogP contribution >= 0.6 is 0 Å². The molecule has 0 bridgehead atoms. The van der Waals surface area contributed by atoms with Gasteiger partial charge in [-0.1, -0.05) is 13.8 Å². The molecule has 1 rings (SSSR count). The Hall–Kier alpha value is -1.10. The number of piperazine rings is 1. The lowest BCUT2D eigenvalue weighted by Crippen LogP contribution is -2.53. The minimum atomic E-state index is -0.375. The fourth-order valence-corrected chi connectivity index (χ4v) is 2.25. The van der Waals surface area contributed by atoms with Gasteiger partial charge in [0, 0.05) is 32.7 Å². The van der Waals surface area contributed by atoms with Crippen LogP contribution in [0, 0.1) is 0 Å². The largest absolute Gasteiger partial charge is 0.336 e. The van der Waals surface area contributed by atoms with Gasteiger partial charge in [0.1, 0.15) is 0 Å². The average Bonchev–Trinajstić information content (AvgIpc) is 2.37. The third-order valence-electron chi connectivity index (χ3n) is 3.49. The van der Waals surface area contributed by atoms with Crippen molar-refractivity contribution in [2.75, 3.05) is 33.2 Å². The van der Waals surface area contributed by atoms with E-state index in [2.05, 4.69) is 19.2 Å². The van der Waals surface area contributed by atoms with Crippen molar-refractivity contribution in [3.8, 4) is 0 Å². The summed E-state index contributed by atoms with van der Waals surface area (Å²) in [5.41, 5.74) is 0. The van der Waals surface area contributed by atoms with Gasteiger partial charge in [0.2, 0.25) is 0 Å². The summed E-state index contributed by atoms with van der Waals surface area (Å²) in [5.74, 6) is -0.722. The molecule has 0 aromatic carbocycles. The van der Waals surface area contributed by atoms with Gasteiger partial charge in [-0.3, -0.25) is 9.59 Å². The zero-order chi connectivity index (χ0) is 13.5. The van der Waals surface area contributed by atoms with Crippen LogP contribution in [-0.4, -0.2) is 60.9 Å². The molecule has 2 amide bonds. The number of amides is 2. The fourth-order valence-electron chi connectivity index (χ4n) is 2.25. The van der Waals surface area contributed by atoms with Crippen molar-refractivity contribution in [1.82, 2.24) is 15.1 Å². The highest BCUT2D eigenvalue weighted by atomic mass is 16.2. The van der Waals surface area contributed by atoms with Crippen molar-refractivity contribution < 1.29 is 9.59 Å². The molecule has 18 heavy (non-hydrogen) atoms. The molecule has 0 aliphatic carbocycles. The Bertz CT molecular complexity index is 294. The van der Waals surface area contributed by atoms with Gasteiger partial charge in [-0.2, -0.15) is 0 Å². The van der Waals surface area contributed by atoms with E-state index in [1.165, 1.54) is 4.90 Å². The highest BCUT2D eigenvalue weighted by Crippen LogP contribution is 2.07.